The van der Waals surface area contributed by atoms with Crippen LogP contribution in [0, 0.1) is 0 Å². The van der Waals surface area contributed by atoms with Crippen LogP contribution in [-0.2, 0) is 13.6 Å². The molecular weight excluding hydrogens is 307 g/mol. The van der Waals surface area contributed by atoms with Crippen molar-refractivity contribution in [2.45, 2.75) is 25.6 Å². The molecule has 0 spiro atoms. The van der Waals surface area contributed by atoms with Crippen molar-refractivity contribution in [2.75, 3.05) is 0 Å². The summed E-state index contributed by atoms with van der Waals surface area (Å²) in [6.45, 7) is -0.189. The van der Waals surface area contributed by atoms with Crippen molar-refractivity contribution in [3.63, 3.8) is 0 Å². The van der Waals surface area contributed by atoms with E-state index < -0.39 is 23.8 Å². The van der Waals surface area contributed by atoms with E-state index in [0.717, 1.165) is 9.25 Å². The SMILES string of the molecule is Cn1c(=O)c(Br)nn(CCCC(F)(F)F)c1=O. The van der Waals surface area contributed by atoms with Crippen LogP contribution in [0.3, 0.4) is 0 Å². The summed E-state index contributed by atoms with van der Waals surface area (Å²) in [6.07, 6.45) is -5.52. The lowest BCUT2D eigenvalue weighted by Crippen LogP contribution is -2.40. The van der Waals surface area contributed by atoms with Crippen molar-refractivity contribution in [3.8, 4) is 0 Å². The molecule has 5 nitrogen and oxygen atoms in total. The lowest BCUT2D eigenvalue weighted by atomic mass is 10.3. The first-order valence-electron chi connectivity index (χ1n) is 4.63. The summed E-state index contributed by atoms with van der Waals surface area (Å²) in [5.41, 5.74) is -1.36. The summed E-state index contributed by atoms with van der Waals surface area (Å²) in [5, 5.41) is 3.57. The number of rotatable bonds is 3. The molecule has 0 atom stereocenters. The molecule has 9 heteroatoms. The Morgan fingerprint density at radius 1 is 1.35 bits per heavy atom. The zero-order chi connectivity index (χ0) is 13.2. The highest BCUT2D eigenvalue weighted by molar-refractivity contribution is 9.10. The Bertz CT molecular complexity index is 520. The molecule has 17 heavy (non-hydrogen) atoms. The minimum absolute atomic E-state index is 0.105. The van der Waals surface area contributed by atoms with Gasteiger partial charge in [0.15, 0.2) is 4.60 Å². The Labute approximate surface area is 102 Å². The van der Waals surface area contributed by atoms with Gasteiger partial charge in [-0.15, -0.1) is 0 Å². The second kappa shape index (κ2) is 5.03. The highest BCUT2D eigenvalue weighted by atomic mass is 79.9. The molecule has 0 N–H and O–H groups in total. The number of aryl methyl sites for hydroxylation is 1. The molecule has 1 rings (SSSR count). The molecule has 1 aromatic rings. The van der Waals surface area contributed by atoms with E-state index >= 15 is 0 Å². The molecule has 0 bridgehead atoms. The minimum atomic E-state index is -4.26. The van der Waals surface area contributed by atoms with Gasteiger partial charge in [0.25, 0.3) is 5.56 Å². The summed E-state index contributed by atoms with van der Waals surface area (Å²) in [5.74, 6) is 0. The number of hydrogen-bond donors (Lipinski definition) is 0. The van der Waals surface area contributed by atoms with E-state index in [1.54, 1.807) is 0 Å². The fourth-order valence-electron chi connectivity index (χ4n) is 1.16. The van der Waals surface area contributed by atoms with Crippen LogP contribution in [0.5, 0.6) is 0 Å². The summed E-state index contributed by atoms with van der Waals surface area (Å²) in [6, 6.07) is 0. The van der Waals surface area contributed by atoms with Gasteiger partial charge < -0.3 is 0 Å². The first-order chi connectivity index (χ1) is 7.72. The van der Waals surface area contributed by atoms with Crippen LogP contribution in [0.25, 0.3) is 0 Å². The smallest absolute Gasteiger partial charge is 0.266 e. The molecule has 0 aliphatic heterocycles. The normalized spacial score (nSPS) is 11.8. The predicted molar refractivity (Wildman–Crippen MR) is 56.7 cm³/mol. The Balaban J connectivity index is 2.87. The maximum atomic E-state index is 11.9. The Morgan fingerprint density at radius 2 is 1.94 bits per heavy atom. The molecule has 0 saturated carbocycles. The van der Waals surface area contributed by atoms with E-state index in [2.05, 4.69) is 21.0 Å². The average Bonchev–Trinajstić information content (AvgIpc) is 2.21. The first-order valence-corrected chi connectivity index (χ1v) is 5.42. The average molecular weight is 316 g/mol. The number of alkyl halides is 3. The lowest BCUT2D eigenvalue weighted by molar-refractivity contribution is -0.136. The lowest BCUT2D eigenvalue weighted by Gasteiger charge is -2.08. The number of aromatic nitrogens is 3. The van der Waals surface area contributed by atoms with Gasteiger partial charge in [-0.1, -0.05) is 0 Å². The minimum Gasteiger partial charge on any atom is -0.266 e. The summed E-state index contributed by atoms with van der Waals surface area (Å²) >= 11 is 2.84. The molecule has 0 radical (unpaired) electrons. The molecular formula is C8H9BrF3N3O2. The zero-order valence-corrected chi connectivity index (χ0v) is 10.4. The van der Waals surface area contributed by atoms with Crippen molar-refractivity contribution >= 4 is 15.9 Å². The first kappa shape index (κ1) is 13.9. The molecule has 0 saturated heterocycles. The standard InChI is InChI=1S/C8H9BrF3N3O2/c1-14-6(16)5(9)13-15(7(14)17)4-2-3-8(10,11)12/h2-4H2,1H3. The van der Waals surface area contributed by atoms with E-state index in [-0.39, 0.29) is 17.6 Å². The fraction of sp³-hybridized carbons (Fsp3) is 0.625. The molecule has 0 aliphatic carbocycles. The summed E-state index contributed by atoms with van der Waals surface area (Å²) < 4.78 is 37.2. The van der Waals surface area contributed by atoms with Gasteiger partial charge in [-0.2, -0.15) is 18.3 Å². The van der Waals surface area contributed by atoms with Crippen molar-refractivity contribution < 1.29 is 13.2 Å². The van der Waals surface area contributed by atoms with Crippen molar-refractivity contribution in [3.05, 3.63) is 25.4 Å². The van der Waals surface area contributed by atoms with Gasteiger partial charge in [0.2, 0.25) is 0 Å². The van der Waals surface area contributed by atoms with E-state index in [1.165, 1.54) is 7.05 Å². The fourth-order valence-corrected chi connectivity index (χ4v) is 1.62. The van der Waals surface area contributed by atoms with Gasteiger partial charge in [-0.3, -0.25) is 9.36 Å². The second-order valence-electron chi connectivity index (χ2n) is 3.38. The van der Waals surface area contributed by atoms with E-state index in [1.807, 2.05) is 0 Å². The Morgan fingerprint density at radius 3 is 2.47 bits per heavy atom. The maximum Gasteiger partial charge on any atom is 0.389 e. The zero-order valence-electron chi connectivity index (χ0n) is 8.79. The molecule has 1 heterocycles. The highest BCUT2D eigenvalue weighted by Gasteiger charge is 2.26. The predicted octanol–water partition coefficient (Wildman–Crippen LogP) is 1.05. The van der Waals surface area contributed by atoms with Gasteiger partial charge in [0.1, 0.15) is 0 Å². The van der Waals surface area contributed by atoms with E-state index in [4.69, 9.17) is 0 Å². The number of nitrogens with zero attached hydrogens (tertiary/aromatic N) is 3. The summed E-state index contributed by atoms with van der Waals surface area (Å²) in [7, 11) is 1.23. The van der Waals surface area contributed by atoms with Crippen molar-refractivity contribution in [2.24, 2.45) is 7.05 Å². The molecule has 0 aromatic carbocycles. The van der Waals surface area contributed by atoms with Crippen LogP contribution in [-0.4, -0.2) is 20.5 Å². The van der Waals surface area contributed by atoms with E-state index in [9.17, 15) is 22.8 Å². The maximum absolute atomic E-state index is 11.9. The van der Waals surface area contributed by atoms with Gasteiger partial charge in [-0.25, -0.2) is 9.48 Å². The van der Waals surface area contributed by atoms with Crippen LogP contribution >= 0.6 is 15.9 Å². The Kier molecular flexibility index (Phi) is 4.12. The monoisotopic (exact) mass is 315 g/mol. The molecule has 1 aromatic heterocycles. The van der Waals surface area contributed by atoms with Crippen LogP contribution < -0.4 is 11.2 Å². The van der Waals surface area contributed by atoms with Crippen molar-refractivity contribution in [1.29, 1.82) is 0 Å². The van der Waals surface area contributed by atoms with Gasteiger partial charge in [0, 0.05) is 20.0 Å². The van der Waals surface area contributed by atoms with Gasteiger partial charge in [-0.05, 0) is 22.4 Å². The second-order valence-corrected chi connectivity index (χ2v) is 4.13. The molecule has 0 unspecified atom stereocenters. The third-order valence-electron chi connectivity index (χ3n) is 2.03. The van der Waals surface area contributed by atoms with E-state index in [0.29, 0.717) is 0 Å². The Hall–Kier alpha value is -1.12. The van der Waals surface area contributed by atoms with Gasteiger partial charge in [0.05, 0.1) is 0 Å². The highest BCUT2D eigenvalue weighted by Crippen LogP contribution is 2.21. The van der Waals surface area contributed by atoms with Crippen LogP contribution in [0.15, 0.2) is 14.2 Å². The van der Waals surface area contributed by atoms with Gasteiger partial charge >= 0.3 is 11.9 Å². The van der Waals surface area contributed by atoms with Crippen LogP contribution in [0.1, 0.15) is 12.8 Å². The van der Waals surface area contributed by atoms with Crippen LogP contribution in [0.4, 0.5) is 13.2 Å². The molecule has 0 fully saturated rings. The third kappa shape index (κ3) is 3.69. The molecule has 0 aliphatic rings. The quantitative estimate of drug-likeness (QED) is 0.837. The number of hydrogen-bond acceptors (Lipinski definition) is 3. The molecule has 0 amide bonds. The van der Waals surface area contributed by atoms with Crippen LogP contribution in [0.2, 0.25) is 0 Å². The largest absolute Gasteiger partial charge is 0.389 e. The third-order valence-corrected chi connectivity index (χ3v) is 2.53. The van der Waals surface area contributed by atoms with Crippen molar-refractivity contribution in [1.82, 2.24) is 14.3 Å². The molecule has 96 valence electrons. The summed E-state index contributed by atoms with van der Waals surface area (Å²) in [4.78, 5) is 22.7. The number of halogens is 4. The topological polar surface area (TPSA) is 56.9 Å².